The molecule has 2 atom stereocenters. The van der Waals surface area contributed by atoms with Crippen LogP contribution in [-0.2, 0) is 0 Å². The number of ether oxygens (including phenoxy) is 1. The normalized spacial score (nSPS) is 24.6. The van der Waals surface area contributed by atoms with Crippen LogP contribution in [0.2, 0.25) is 10.0 Å². The molecule has 1 saturated carbocycles. The van der Waals surface area contributed by atoms with Gasteiger partial charge in [0.05, 0.1) is 5.02 Å². The average Bonchev–Trinajstić information content (AvgIpc) is 2.33. The van der Waals surface area contributed by atoms with Crippen LogP contribution in [0.3, 0.4) is 0 Å². The monoisotopic (exact) mass is 273 g/mol. The number of hydrogen-bond acceptors (Lipinski definition) is 2. The standard InChI is InChI=1S/C13H17Cl2NO/c14-10-5-6-13(11(15)7-10)17-12-4-2-1-3-9(12)8-16/h5-7,9,12H,1-4,8,16H2. The summed E-state index contributed by atoms with van der Waals surface area (Å²) in [5.41, 5.74) is 5.78. The molecule has 0 aliphatic heterocycles. The fourth-order valence-electron chi connectivity index (χ4n) is 2.33. The van der Waals surface area contributed by atoms with Gasteiger partial charge in [-0.2, -0.15) is 0 Å². The van der Waals surface area contributed by atoms with Crippen molar-refractivity contribution in [3.05, 3.63) is 28.2 Å². The first kappa shape index (κ1) is 13.0. The van der Waals surface area contributed by atoms with Crippen molar-refractivity contribution in [3.8, 4) is 5.75 Å². The molecule has 4 heteroatoms. The van der Waals surface area contributed by atoms with Crippen molar-refractivity contribution >= 4 is 23.2 Å². The zero-order valence-electron chi connectivity index (χ0n) is 9.66. The smallest absolute Gasteiger partial charge is 0.138 e. The Morgan fingerprint density at radius 1 is 1.24 bits per heavy atom. The first-order valence-corrected chi connectivity index (χ1v) is 6.78. The van der Waals surface area contributed by atoms with E-state index in [-0.39, 0.29) is 6.10 Å². The van der Waals surface area contributed by atoms with E-state index in [1.807, 2.05) is 6.07 Å². The van der Waals surface area contributed by atoms with Gasteiger partial charge in [-0.25, -0.2) is 0 Å². The molecule has 2 nitrogen and oxygen atoms in total. The predicted octanol–water partition coefficient (Wildman–Crippen LogP) is 3.89. The Labute approximate surface area is 112 Å². The lowest BCUT2D eigenvalue weighted by atomic mass is 9.86. The third-order valence-corrected chi connectivity index (χ3v) is 3.84. The predicted molar refractivity (Wildman–Crippen MR) is 71.9 cm³/mol. The van der Waals surface area contributed by atoms with Crippen molar-refractivity contribution in [1.29, 1.82) is 0 Å². The molecule has 2 rings (SSSR count). The third-order valence-electron chi connectivity index (χ3n) is 3.31. The zero-order chi connectivity index (χ0) is 12.3. The summed E-state index contributed by atoms with van der Waals surface area (Å²) in [6, 6.07) is 5.33. The van der Waals surface area contributed by atoms with Gasteiger partial charge in [0.25, 0.3) is 0 Å². The van der Waals surface area contributed by atoms with Crippen molar-refractivity contribution in [3.63, 3.8) is 0 Å². The van der Waals surface area contributed by atoms with Crippen LogP contribution in [0.4, 0.5) is 0 Å². The first-order chi connectivity index (χ1) is 8.20. The maximum absolute atomic E-state index is 6.10. The summed E-state index contributed by atoms with van der Waals surface area (Å²) in [6.45, 7) is 0.676. The van der Waals surface area contributed by atoms with Crippen LogP contribution in [0.25, 0.3) is 0 Å². The van der Waals surface area contributed by atoms with E-state index in [0.29, 0.717) is 28.3 Å². The van der Waals surface area contributed by atoms with E-state index in [2.05, 4.69) is 0 Å². The van der Waals surface area contributed by atoms with Crippen LogP contribution in [0.15, 0.2) is 18.2 Å². The second kappa shape index (κ2) is 5.94. The number of rotatable bonds is 3. The lowest BCUT2D eigenvalue weighted by molar-refractivity contribution is 0.0971. The Morgan fingerprint density at radius 3 is 2.71 bits per heavy atom. The molecule has 2 N–H and O–H groups in total. The van der Waals surface area contributed by atoms with Gasteiger partial charge in [0.2, 0.25) is 0 Å². The van der Waals surface area contributed by atoms with E-state index >= 15 is 0 Å². The third kappa shape index (κ3) is 3.27. The zero-order valence-corrected chi connectivity index (χ0v) is 11.2. The van der Waals surface area contributed by atoms with E-state index in [0.717, 1.165) is 12.8 Å². The first-order valence-electron chi connectivity index (χ1n) is 6.02. The fraction of sp³-hybridized carbons (Fsp3) is 0.538. The summed E-state index contributed by atoms with van der Waals surface area (Å²) < 4.78 is 5.97. The number of hydrogen-bond donors (Lipinski definition) is 1. The van der Waals surface area contributed by atoms with Gasteiger partial charge in [-0.15, -0.1) is 0 Å². The highest BCUT2D eigenvalue weighted by Gasteiger charge is 2.26. The summed E-state index contributed by atoms with van der Waals surface area (Å²) in [6.07, 6.45) is 4.84. The minimum absolute atomic E-state index is 0.187. The molecular formula is C13H17Cl2NO. The molecule has 0 spiro atoms. The van der Waals surface area contributed by atoms with Crippen LogP contribution < -0.4 is 10.5 Å². The molecule has 1 aromatic carbocycles. The molecule has 2 unspecified atom stereocenters. The Morgan fingerprint density at radius 2 is 2.00 bits per heavy atom. The largest absolute Gasteiger partial charge is 0.489 e. The van der Waals surface area contributed by atoms with Crippen LogP contribution in [-0.4, -0.2) is 12.6 Å². The van der Waals surface area contributed by atoms with Gasteiger partial charge < -0.3 is 10.5 Å². The average molecular weight is 274 g/mol. The maximum atomic E-state index is 6.10. The molecule has 0 bridgehead atoms. The van der Waals surface area contributed by atoms with Gasteiger partial charge in [-0.05, 0) is 44.0 Å². The van der Waals surface area contributed by atoms with E-state index in [1.54, 1.807) is 12.1 Å². The molecule has 0 aromatic heterocycles. The van der Waals surface area contributed by atoms with Crippen molar-refractivity contribution in [2.75, 3.05) is 6.54 Å². The molecule has 1 fully saturated rings. The molecule has 0 radical (unpaired) electrons. The van der Waals surface area contributed by atoms with Crippen molar-refractivity contribution in [2.24, 2.45) is 11.7 Å². The molecule has 0 amide bonds. The van der Waals surface area contributed by atoms with Gasteiger partial charge in [0, 0.05) is 10.9 Å². The van der Waals surface area contributed by atoms with Crippen molar-refractivity contribution < 1.29 is 4.74 Å². The molecule has 17 heavy (non-hydrogen) atoms. The second-order valence-corrected chi connectivity index (χ2v) is 5.35. The Bertz CT molecular complexity index is 384. The molecule has 94 valence electrons. The minimum Gasteiger partial charge on any atom is -0.489 e. The lowest BCUT2D eigenvalue weighted by Gasteiger charge is -2.31. The molecular weight excluding hydrogens is 257 g/mol. The van der Waals surface area contributed by atoms with Crippen LogP contribution in [0, 0.1) is 5.92 Å². The van der Waals surface area contributed by atoms with Crippen LogP contribution >= 0.6 is 23.2 Å². The topological polar surface area (TPSA) is 35.2 Å². The van der Waals surface area contributed by atoms with E-state index in [9.17, 15) is 0 Å². The van der Waals surface area contributed by atoms with Gasteiger partial charge in [-0.1, -0.05) is 29.6 Å². The summed E-state index contributed by atoms with van der Waals surface area (Å²) in [5.74, 6) is 1.15. The summed E-state index contributed by atoms with van der Waals surface area (Å²) in [4.78, 5) is 0. The molecule has 0 heterocycles. The van der Waals surface area contributed by atoms with Gasteiger partial charge in [0.1, 0.15) is 11.9 Å². The van der Waals surface area contributed by atoms with E-state index in [1.165, 1.54) is 12.8 Å². The van der Waals surface area contributed by atoms with E-state index < -0.39 is 0 Å². The highest BCUT2D eigenvalue weighted by atomic mass is 35.5. The molecule has 1 aromatic rings. The molecule has 0 saturated heterocycles. The summed E-state index contributed by atoms with van der Waals surface area (Å²) in [7, 11) is 0. The lowest BCUT2D eigenvalue weighted by Crippen LogP contribution is -2.35. The number of halogens is 2. The van der Waals surface area contributed by atoms with Gasteiger partial charge in [-0.3, -0.25) is 0 Å². The fourth-order valence-corrected chi connectivity index (χ4v) is 2.79. The SMILES string of the molecule is NCC1CCCCC1Oc1ccc(Cl)cc1Cl. The van der Waals surface area contributed by atoms with Gasteiger partial charge in [0.15, 0.2) is 0 Å². The van der Waals surface area contributed by atoms with E-state index in [4.69, 9.17) is 33.7 Å². The minimum atomic E-state index is 0.187. The summed E-state index contributed by atoms with van der Waals surface area (Å²) >= 11 is 12.0. The molecule has 1 aliphatic carbocycles. The Balaban J connectivity index is 2.08. The number of nitrogens with two attached hydrogens (primary N) is 1. The Kier molecular flexibility index (Phi) is 4.55. The van der Waals surface area contributed by atoms with Crippen molar-refractivity contribution in [2.45, 2.75) is 31.8 Å². The molecule has 1 aliphatic rings. The maximum Gasteiger partial charge on any atom is 0.138 e. The number of benzene rings is 1. The second-order valence-electron chi connectivity index (χ2n) is 4.51. The Hall–Kier alpha value is -0.440. The quantitative estimate of drug-likeness (QED) is 0.907. The highest BCUT2D eigenvalue weighted by Crippen LogP contribution is 2.32. The summed E-state index contributed by atoms with van der Waals surface area (Å²) in [5, 5.41) is 1.19. The van der Waals surface area contributed by atoms with Crippen LogP contribution in [0.1, 0.15) is 25.7 Å². The van der Waals surface area contributed by atoms with Crippen LogP contribution in [0.5, 0.6) is 5.75 Å². The highest BCUT2D eigenvalue weighted by molar-refractivity contribution is 6.35. The van der Waals surface area contributed by atoms with Gasteiger partial charge >= 0.3 is 0 Å². The van der Waals surface area contributed by atoms with Crippen molar-refractivity contribution in [1.82, 2.24) is 0 Å².